The number of hydrogen-bond acceptors (Lipinski definition) is 2. The fourth-order valence-corrected chi connectivity index (χ4v) is 2.38. The minimum Gasteiger partial charge on any atom is -0.402 e. The number of unbranched alkanes of at least 4 members (excludes halogenated alkanes) is 1. The summed E-state index contributed by atoms with van der Waals surface area (Å²) in [5.74, 6) is 0. The van der Waals surface area contributed by atoms with E-state index in [1.165, 1.54) is 0 Å². The molecule has 5 heteroatoms. The van der Waals surface area contributed by atoms with E-state index in [4.69, 9.17) is 32.5 Å². The van der Waals surface area contributed by atoms with Crippen molar-refractivity contribution in [2.45, 2.75) is 38.3 Å². The lowest BCUT2D eigenvalue weighted by atomic mass is 9.83. The lowest BCUT2D eigenvalue weighted by Crippen LogP contribution is -2.23. The molecule has 2 rings (SSSR count). The molecule has 0 aromatic carbocycles. The van der Waals surface area contributed by atoms with Gasteiger partial charge in [0.1, 0.15) is 6.10 Å². The van der Waals surface area contributed by atoms with Crippen LogP contribution < -0.4 is 0 Å². The zero-order chi connectivity index (χ0) is 10.8. The zero-order valence-electron chi connectivity index (χ0n) is 8.58. The van der Waals surface area contributed by atoms with Gasteiger partial charge in [-0.2, -0.15) is 0 Å². The second kappa shape index (κ2) is 4.92. The van der Waals surface area contributed by atoms with Gasteiger partial charge < -0.3 is 9.31 Å². The minimum atomic E-state index is -0.156. The maximum atomic E-state index is 6.04. The van der Waals surface area contributed by atoms with Gasteiger partial charge in [0, 0.05) is 10.1 Å². The number of fused-ring (bicyclic) bond motifs is 1. The minimum absolute atomic E-state index is 0.114. The van der Waals surface area contributed by atoms with Crippen molar-refractivity contribution in [3.8, 4) is 0 Å². The molecule has 0 spiro atoms. The third-order valence-electron chi connectivity index (χ3n) is 2.57. The highest BCUT2D eigenvalue weighted by molar-refractivity contribution is 6.46. The van der Waals surface area contributed by atoms with E-state index in [2.05, 4.69) is 6.92 Å². The molecular weight excluding hydrogens is 234 g/mol. The van der Waals surface area contributed by atoms with Crippen molar-refractivity contribution in [3.05, 3.63) is 22.2 Å². The molecule has 0 aromatic heterocycles. The maximum Gasteiger partial charge on any atom is 0.457 e. The van der Waals surface area contributed by atoms with E-state index >= 15 is 0 Å². The van der Waals surface area contributed by atoms with E-state index in [9.17, 15) is 0 Å². The number of allylic oxidation sites excluding steroid dienone is 2. The molecule has 0 radical (unpaired) electrons. The molecule has 2 aliphatic rings. The summed E-state index contributed by atoms with van der Waals surface area (Å²) in [6, 6.07) is 0. The summed E-state index contributed by atoms with van der Waals surface area (Å²) in [4.78, 5) is 0. The predicted octanol–water partition coefficient (Wildman–Crippen LogP) is 3.32. The van der Waals surface area contributed by atoms with Gasteiger partial charge in [0.2, 0.25) is 0 Å². The molecule has 0 aromatic rings. The average Bonchev–Trinajstić information content (AvgIpc) is 2.57. The van der Waals surface area contributed by atoms with E-state index in [1.807, 2.05) is 6.08 Å². The standard InChI is InChI=1S/C10H13BCl2O2/c1-2-3-4-11-14-9-6-7(12)5-8(13)10(9)15-11/h5-6,9-10H,2-4H2,1H3. The smallest absolute Gasteiger partial charge is 0.402 e. The molecule has 0 bridgehead atoms. The summed E-state index contributed by atoms with van der Waals surface area (Å²) >= 11 is 11.9. The molecule has 0 N–H and O–H groups in total. The molecule has 1 heterocycles. The second-order valence-corrected chi connectivity index (χ2v) is 4.68. The fraction of sp³-hybridized carbons (Fsp3) is 0.600. The van der Waals surface area contributed by atoms with E-state index in [-0.39, 0.29) is 19.3 Å². The molecule has 1 aliphatic carbocycles. The maximum absolute atomic E-state index is 6.04. The largest absolute Gasteiger partial charge is 0.457 e. The van der Waals surface area contributed by atoms with Crippen LogP contribution in [0.4, 0.5) is 0 Å². The second-order valence-electron chi connectivity index (χ2n) is 3.81. The molecular formula is C10H13BCl2O2. The molecule has 82 valence electrons. The molecule has 2 atom stereocenters. The quantitative estimate of drug-likeness (QED) is 0.712. The van der Waals surface area contributed by atoms with Crippen LogP contribution in [0.2, 0.25) is 6.32 Å². The van der Waals surface area contributed by atoms with Crippen molar-refractivity contribution >= 4 is 30.3 Å². The summed E-state index contributed by atoms with van der Waals surface area (Å²) in [7, 11) is -0.138. The Labute approximate surface area is 100 Å². The summed E-state index contributed by atoms with van der Waals surface area (Å²) < 4.78 is 11.4. The van der Waals surface area contributed by atoms with Crippen molar-refractivity contribution in [1.82, 2.24) is 0 Å². The Hall–Kier alpha value is 0.0449. The highest BCUT2D eigenvalue weighted by Crippen LogP contribution is 2.33. The van der Waals surface area contributed by atoms with Gasteiger partial charge in [-0.05, 0) is 18.5 Å². The summed E-state index contributed by atoms with van der Waals surface area (Å²) in [6.45, 7) is 2.14. The van der Waals surface area contributed by atoms with Crippen LogP contribution in [0.1, 0.15) is 19.8 Å². The fourth-order valence-electron chi connectivity index (χ4n) is 1.79. The topological polar surface area (TPSA) is 18.5 Å². The molecule has 1 aliphatic heterocycles. The molecule has 2 nitrogen and oxygen atoms in total. The van der Waals surface area contributed by atoms with Crippen molar-refractivity contribution in [2.75, 3.05) is 0 Å². The monoisotopic (exact) mass is 246 g/mol. The normalized spacial score (nSPS) is 29.9. The third-order valence-corrected chi connectivity index (χ3v) is 3.13. The van der Waals surface area contributed by atoms with Crippen LogP contribution in [0.15, 0.2) is 22.2 Å². The van der Waals surface area contributed by atoms with E-state index in [1.54, 1.807) is 6.08 Å². The Bertz CT molecular complexity index is 304. The Morgan fingerprint density at radius 3 is 2.93 bits per heavy atom. The predicted molar refractivity (Wildman–Crippen MR) is 63.1 cm³/mol. The first kappa shape index (κ1) is 11.5. The Morgan fingerprint density at radius 1 is 1.40 bits per heavy atom. The van der Waals surface area contributed by atoms with Gasteiger partial charge in [0.15, 0.2) is 0 Å². The van der Waals surface area contributed by atoms with Gasteiger partial charge in [-0.1, -0.05) is 43.0 Å². The summed E-state index contributed by atoms with van der Waals surface area (Å²) in [5.41, 5.74) is 0. The van der Waals surface area contributed by atoms with Crippen LogP contribution in [0.3, 0.4) is 0 Å². The van der Waals surface area contributed by atoms with Crippen LogP contribution in [0.5, 0.6) is 0 Å². The first-order valence-electron chi connectivity index (χ1n) is 5.26. The Balaban J connectivity index is 1.99. The van der Waals surface area contributed by atoms with Crippen molar-refractivity contribution in [2.24, 2.45) is 0 Å². The van der Waals surface area contributed by atoms with Gasteiger partial charge in [-0.25, -0.2) is 0 Å². The molecule has 15 heavy (non-hydrogen) atoms. The SMILES string of the molecule is CCCCB1OC2C=C(Cl)C=C(Cl)C2O1. The van der Waals surface area contributed by atoms with Gasteiger partial charge in [0.05, 0.1) is 6.10 Å². The average molecular weight is 247 g/mol. The first-order chi connectivity index (χ1) is 7.20. The van der Waals surface area contributed by atoms with E-state index < -0.39 is 0 Å². The number of hydrogen-bond donors (Lipinski definition) is 0. The van der Waals surface area contributed by atoms with Gasteiger partial charge in [-0.3, -0.25) is 0 Å². The molecule has 0 amide bonds. The molecule has 0 saturated carbocycles. The van der Waals surface area contributed by atoms with Crippen LogP contribution >= 0.6 is 23.2 Å². The van der Waals surface area contributed by atoms with Crippen LogP contribution in [-0.2, 0) is 9.31 Å². The number of halogens is 2. The number of rotatable bonds is 3. The van der Waals surface area contributed by atoms with Crippen LogP contribution in [0.25, 0.3) is 0 Å². The summed E-state index contributed by atoms with van der Waals surface area (Å²) in [5, 5.41) is 1.26. The third kappa shape index (κ3) is 2.59. The Morgan fingerprint density at radius 2 is 2.20 bits per heavy atom. The summed E-state index contributed by atoms with van der Waals surface area (Å²) in [6.07, 6.45) is 6.45. The van der Waals surface area contributed by atoms with E-state index in [0.717, 1.165) is 19.2 Å². The van der Waals surface area contributed by atoms with Gasteiger partial charge in [-0.15, -0.1) is 0 Å². The first-order valence-corrected chi connectivity index (χ1v) is 6.01. The van der Waals surface area contributed by atoms with Crippen LogP contribution in [-0.4, -0.2) is 19.3 Å². The highest BCUT2D eigenvalue weighted by Gasteiger charge is 2.41. The van der Waals surface area contributed by atoms with Crippen molar-refractivity contribution < 1.29 is 9.31 Å². The molecule has 2 unspecified atom stereocenters. The Kier molecular flexibility index (Phi) is 3.78. The molecule has 1 saturated heterocycles. The molecule has 1 fully saturated rings. The van der Waals surface area contributed by atoms with Gasteiger partial charge in [0.25, 0.3) is 0 Å². The highest BCUT2D eigenvalue weighted by atomic mass is 35.5. The van der Waals surface area contributed by atoms with Crippen LogP contribution in [0, 0.1) is 0 Å². The zero-order valence-corrected chi connectivity index (χ0v) is 10.1. The van der Waals surface area contributed by atoms with E-state index in [0.29, 0.717) is 10.1 Å². The van der Waals surface area contributed by atoms with Gasteiger partial charge >= 0.3 is 7.12 Å². The lowest BCUT2D eigenvalue weighted by molar-refractivity contribution is 0.228. The van der Waals surface area contributed by atoms with Crippen molar-refractivity contribution in [3.63, 3.8) is 0 Å². The lowest BCUT2D eigenvalue weighted by Gasteiger charge is -2.18. The van der Waals surface area contributed by atoms with Crippen molar-refractivity contribution in [1.29, 1.82) is 0 Å².